The van der Waals surface area contributed by atoms with Crippen LogP contribution in [0, 0.1) is 0 Å². The predicted octanol–water partition coefficient (Wildman–Crippen LogP) is -1.26. The molecular formula is H2FKLiNa. The molecule has 0 unspecified atom stereocenters. The Morgan fingerprint density at radius 3 is 1.25 bits per heavy atom. The van der Waals surface area contributed by atoms with Crippen molar-refractivity contribution in [2.45, 2.75) is 0 Å². The molecule has 0 bridgehead atoms. The van der Waals surface area contributed by atoms with Crippen molar-refractivity contribution in [1.82, 2.24) is 0 Å². The molecule has 0 saturated carbocycles. The van der Waals surface area contributed by atoms with Crippen molar-refractivity contribution in [3.05, 3.63) is 0 Å². The molecule has 0 amide bonds. The predicted molar refractivity (Wildman–Crippen MR) is 21.2 cm³/mol. The summed E-state index contributed by atoms with van der Waals surface area (Å²) in [5.41, 5.74) is 0. The zero-order chi connectivity index (χ0) is 2.00. The van der Waals surface area contributed by atoms with Gasteiger partial charge in [0.15, 0.2) is 0 Å². The van der Waals surface area contributed by atoms with Crippen LogP contribution >= 0.6 is 0 Å². The van der Waals surface area contributed by atoms with Crippen LogP contribution in [0.15, 0.2) is 0 Å². The molecule has 0 rings (SSSR count). The molecule has 0 saturated heterocycles. The van der Waals surface area contributed by atoms with Crippen molar-refractivity contribution in [3.63, 3.8) is 0 Å². The Bertz CT molecular complexity index is 8.00. The fourth-order valence-electron chi connectivity index (χ4n) is 0. The third-order valence-electron chi connectivity index (χ3n) is 0. The van der Waals surface area contributed by atoms with E-state index >= 15 is 0 Å². The number of halogens is 1. The minimum atomic E-state index is -0.438. The van der Waals surface area contributed by atoms with Crippen LogP contribution in [-0.2, 0) is 0 Å². The van der Waals surface area contributed by atoms with E-state index in [1.807, 2.05) is 0 Å². The first-order chi connectivity index (χ1) is 1.00. The van der Waals surface area contributed by atoms with Crippen molar-refractivity contribution in [1.29, 1.82) is 0 Å². The fraction of sp³-hybridized carbons (Fsp3) is 0. The summed E-state index contributed by atoms with van der Waals surface area (Å²) in [4.78, 5) is 0. The van der Waals surface area contributed by atoms with Gasteiger partial charge in [-0.1, -0.05) is 0 Å². The third kappa shape index (κ3) is 8.94. The summed E-state index contributed by atoms with van der Waals surface area (Å²) in [6.07, 6.45) is 0. The van der Waals surface area contributed by atoms with Crippen LogP contribution in [0.3, 0.4) is 0 Å². The van der Waals surface area contributed by atoms with Gasteiger partial charge < -0.3 is 0 Å². The standard InChI is InChI=1S/FH.K.Li.Na.2H/h1H;;;;;/q;+1;;;;/p-1. The first-order valence-electron chi connectivity index (χ1n) is 0.378. The first kappa shape index (κ1) is 15.7. The molecular weight excluding hydrogens is 88.0 g/mol. The zero-order valence-electron chi connectivity index (χ0n) is 1.38. The van der Waals surface area contributed by atoms with Gasteiger partial charge in [-0.15, -0.1) is 0 Å². The molecule has 0 aliphatic carbocycles. The van der Waals surface area contributed by atoms with Gasteiger partial charge in [0.1, 0.15) is 0 Å². The number of hydrogen-bond acceptors (Lipinski definition) is 0. The van der Waals surface area contributed by atoms with Gasteiger partial charge in [-0.3, -0.25) is 0 Å². The second-order valence-corrected chi connectivity index (χ2v) is 0. The van der Waals surface area contributed by atoms with Gasteiger partial charge in [0.05, 0.1) is 0 Å². The minimum absolute atomic E-state index is 0. The summed E-state index contributed by atoms with van der Waals surface area (Å²) in [5.74, 6) is 0. The summed E-state index contributed by atoms with van der Waals surface area (Å²) < 4.78 is 9.69. The Balaban J connectivity index is -0.00000000500. The molecule has 0 N–H and O–H groups in total. The monoisotopic (exact) mass is 90.0 g/mol. The number of rotatable bonds is 0. The quantitative estimate of drug-likeness (QED) is 0.326. The summed E-state index contributed by atoms with van der Waals surface area (Å²) in [5, 5.41) is 0. The van der Waals surface area contributed by atoms with Crippen LogP contribution in [0.4, 0.5) is -0.211 Å². The van der Waals surface area contributed by atoms with Crippen LogP contribution in [0.25, 0.3) is 0 Å². The van der Waals surface area contributed by atoms with Crippen molar-refractivity contribution in [3.8, 4) is 0 Å². The molecule has 0 atom stereocenters. The second-order valence-electron chi connectivity index (χ2n) is 0. The topological polar surface area (TPSA) is 0 Å². The van der Waals surface area contributed by atoms with E-state index in [4.69, 9.17) is 0 Å². The van der Waals surface area contributed by atoms with Crippen LogP contribution in [-0.4, -0.2) is 98.3 Å². The molecule has 0 aliphatic heterocycles. The Labute approximate surface area is 95.3 Å². The normalized spacial score (nSPS) is 1.75. The van der Waals surface area contributed by atoms with Crippen molar-refractivity contribution >= 4 is 98.3 Å². The maximum atomic E-state index is 9.69. The molecule has 0 spiro atoms. The fourth-order valence-corrected chi connectivity index (χ4v) is 0. The van der Waals surface area contributed by atoms with E-state index in [0.717, 1.165) is 0 Å². The Hall–Kier alpha value is 3.16. The molecule has 12 valence electrons. The van der Waals surface area contributed by atoms with E-state index in [-0.39, 0.29) is 48.4 Å². The third-order valence-corrected chi connectivity index (χ3v) is 0. The molecule has 0 heterocycles. The molecule has 0 aromatic heterocycles. The summed E-state index contributed by atoms with van der Waals surface area (Å²) >= 11 is -0.438. The van der Waals surface area contributed by atoms with Gasteiger partial charge in [0, 0.05) is 0 Å². The van der Waals surface area contributed by atoms with Crippen molar-refractivity contribution in [2.24, 2.45) is 0 Å². The maximum absolute atomic E-state index is 9.69. The van der Waals surface area contributed by atoms with E-state index in [9.17, 15) is -0.211 Å². The van der Waals surface area contributed by atoms with Gasteiger partial charge in [-0.2, -0.15) is 0 Å². The SMILES string of the molecule is [F][K].[LiH].[NaH]. The molecule has 0 fully saturated rings. The van der Waals surface area contributed by atoms with Crippen LogP contribution in [0.5, 0.6) is 0 Å². The zero-order valence-corrected chi connectivity index (χ0v) is 4.50. The Morgan fingerprint density at radius 2 is 1.25 bits per heavy atom. The van der Waals surface area contributed by atoms with Gasteiger partial charge in [0.25, 0.3) is 0 Å². The van der Waals surface area contributed by atoms with E-state index in [2.05, 4.69) is 0 Å². The summed E-state index contributed by atoms with van der Waals surface area (Å²) in [6, 6.07) is 0. The van der Waals surface area contributed by atoms with Crippen LogP contribution in [0.1, 0.15) is 0 Å². The summed E-state index contributed by atoms with van der Waals surface area (Å²) in [7, 11) is 0. The van der Waals surface area contributed by atoms with Gasteiger partial charge in [-0.25, -0.2) is 0 Å². The molecule has 0 nitrogen and oxygen atoms in total. The van der Waals surface area contributed by atoms with E-state index in [1.54, 1.807) is 0 Å². The molecule has 0 aromatic carbocycles. The van der Waals surface area contributed by atoms with E-state index in [0.29, 0.717) is 0 Å². The van der Waals surface area contributed by atoms with Gasteiger partial charge in [0.2, 0.25) is 0 Å². The molecule has 4 heavy (non-hydrogen) atoms. The molecule has 4 heteroatoms. The number of hydrogen-bond donors (Lipinski definition) is 0. The second kappa shape index (κ2) is 16.4. The summed E-state index contributed by atoms with van der Waals surface area (Å²) in [6.45, 7) is 0. The molecule has 0 aliphatic rings. The van der Waals surface area contributed by atoms with E-state index in [1.165, 1.54) is 0 Å². The molecule has 0 radical (unpaired) electrons. The van der Waals surface area contributed by atoms with Crippen LogP contribution < -0.4 is 0 Å². The first-order valence-corrected chi connectivity index (χ1v) is 1.56. The van der Waals surface area contributed by atoms with E-state index < -0.39 is 49.9 Å². The molecule has 0 aromatic rings. The van der Waals surface area contributed by atoms with Gasteiger partial charge in [-0.05, 0) is 0 Å². The van der Waals surface area contributed by atoms with Gasteiger partial charge >= 0.3 is 98.1 Å². The average Bonchev–Trinajstić information content (AvgIpc) is 1.00. The van der Waals surface area contributed by atoms with Crippen molar-refractivity contribution < 1.29 is -0.211 Å². The Morgan fingerprint density at radius 1 is 1.25 bits per heavy atom. The van der Waals surface area contributed by atoms with Crippen molar-refractivity contribution in [2.75, 3.05) is 0 Å². The van der Waals surface area contributed by atoms with Crippen LogP contribution in [0.2, 0.25) is 0 Å². The Kier molecular flexibility index (Phi) is 64.4. The average molecular weight is 90.0 g/mol.